The molecule has 0 bridgehead atoms. The molecule has 7 nitrogen and oxygen atoms in total. The van der Waals surface area contributed by atoms with Gasteiger partial charge < -0.3 is 20.9 Å². The molecular weight excluding hydrogens is 404 g/mol. The first-order valence-electron chi connectivity index (χ1n) is 11.1. The van der Waals surface area contributed by atoms with E-state index in [-0.39, 0.29) is 36.7 Å². The predicted molar refractivity (Wildman–Crippen MR) is 127 cm³/mol. The van der Waals surface area contributed by atoms with E-state index in [0.29, 0.717) is 5.56 Å². The second-order valence-corrected chi connectivity index (χ2v) is 8.52. The maximum Gasteiger partial charge on any atom is 0.251 e. The number of benzene rings is 2. The molecule has 2 aromatic rings. The van der Waals surface area contributed by atoms with Gasteiger partial charge in [-0.15, -0.1) is 0 Å². The summed E-state index contributed by atoms with van der Waals surface area (Å²) in [6.07, 6.45) is 2.53. The summed E-state index contributed by atoms with van der Waals surface area (Å²) in [5, 5.41) is 8.29. The lowest BCUT2D eigenvalue weighted by Gasteiger charge is -2.19. The SMILES string of the molecule is Cc1cc(C)cc(C(=O)NCC(=O)NC(C)CC(=O)Nc2cccc(N3CCCC3)c2)c1. The first kappa shape index (κ1) is 23.3. The molecule has 1 saturated heterocycles. The summed E-state index contributed by atoms with van der Waals surface area (Å²) in [5.74, 6) is -0.801. The van der Waals surface area contributed by atoms with E-state index < -0.39 is 0 Å². The second-order valence-electron chi connectivity index (χ2n) is 8.52. The van der Waals surface area contributed by atoms with Crippen LogP contribution >= 0.6 is 0 Å². The summed E-state index contributed by atoms with van der Waals surface area (Å²) in [4.78, 5) is 39.2. The second kappa shape index (κ2) is 10.8. The highest BCUT2D eigenvalue weighted by atomic mass is 16.2. The van der Waals surface area contributed by atoms with Crippen LogP contribution in [0.5, 0.6) is 0 Å². The molecule has 1 aliphatic heterocycles. The van der Waals surface area contributed by atoms with Crippen LogP contribution in [0, 0.1) is 13.8 Å². The Bertz CT molecular complexity index is 963. The zero-order valence-electron chi connectivity index (χ0n) is 19.0. The molecule has 1 heterocycles. The molecule has 0 saturated carbocycles. The van der Waals surface area contributed by atoms with Crippen molar-refractivity contribution in [1.29, 1.82) is 0 Å². The van der Waals surface area contributed by atoms with Crippen molar-refractivity contribution < 1.29 is 14.4 Å². The van der Waals surface area contributed by atoms with E-state index in [2.05, 4.69) is 26.9 Å². The van der Waals surface area contributed by atoms with E-state index in [1.165, 1.54) is 12.8 Å². The minimum atomic E-state index is -0.359. The lowest BCUT2D eigenvalue weighted by atomic mass is 10.1. The number of rotatable bonds is 8. The average Bonchev–Trinajstić information content (AvgIpc) is 3.26. The number of hydrogen-bond acceptors (Lipinski definition) is 4. The Labute approximate surface area is 189 Å². The molecule has 3 N–H and O–H groups in total. The van der Waals surface area contributed by atoms with Gasteiger partial charge in [0.05, 0.1) is 6.54 Å². The molecule has 0 radical (unpaired) electrons. The molecule has 32 heavy (non-hydrogen) atoms. The zero-order valence-corrected chi connectivity index (χ0v) is 19.0. The zero-order chi connectivity index (χ0) is 23.1. The highest BCUT2D eigenvalue weighted by molar-refractivity contribution is 5.97. The van der Waals surface area contributed by atoms with Crippen LogP contribution < -0.4 is 20.9 Å². The Hall–Kier alpha value is -3.35. The van der Waals surface area contributed by atoms with E-state index in [4.69, 9.17) is 0 Å². The number of aryl methyl sites for hydroxylation is 2. The number of carbonyl (C=O) groups excluding carboxylic acids is 3. The largest absolute Gasteiger partial charge is 0.371 e. The summed E-state index contributed by atoms with van der Waals surface area (Å²) in [6.45, 7) is 7.55. The number of nitrogens with one attached hydrogen (secondary N) is 3. The third-order valence-electron chi connectivity index (χ3n) is 5.39. The van der Waals surface area contributed by atoms with Gasteiger partial charge in [-0.2, -0.15) is 0 Å². The topological polar surface area (TPSA) is 90.5 Å². The van der Waals surface area contributed by atoms with Gasteiger partial charge in [-0.05, 0) is 63.9 Å². The van der Waals surface area contributed by atoms with Gasteiger partial charge in [0.25, 0.3) is 5.91 Å². The normalized spacial score (nSPS) is 14.0. The Morgan fingerprint density at radius 2 is 1.66 bits per heavy atom. The van der Waals surface area contributed by atoms with Gasteiger partial charge in [-0.25, -0.2) is 0 Å². The molecule has 2 aromatic carbocycles. The predicted octanol–water partition coefficient (Wildman–Crippen LogP) is 3.17. The number of nitrogens with zero attached hydrogens (tertiary/aromatic N) is 1. The van der Waals surface area contributed by atoms with Gasteiger partial charge in [0.15, 0.2) is 0 Å². The highest BCUT2D eigenvalue weighted by Crippen LogP contribution is 2.23. The van der Waals surface area contributed by atoms with Crippen molar-refractivity contribution in [1.82, 2.24) is 10.6 Å². The number of amides is 3. The lowest BCUT2D eigenvalue weighted by Crippen LogP contribution is -2.42. The van der Waals surface area contributed by atoms with E-state index in [0.717, 1.165) is 35.6 Å². The van der Waals surface area contributed by atoms with Gasteiger partial charge in [-0.1, -0.05) is 23.3 Å². The molecule has 3 amide bonds. The molecule has 1 atom stereocenters. The number of hydrogen-bond donors (Lipinski definition) is 3. The minimum Gasteiger partial charge on any atom is -0.371 e. The molecule has 0 aliphatic carbocycles. The van der Waals surface area contributed by atoms with Gasteiger partial charge in [0.1, 0.15) is 0 Å². The molecule has 3 rings (SSSR count). The molecule has 7 heteroatoms. The maximum atomic E-state index is 12.4. The average molecular weight is 437 g/mol. The quantitative estimate of drug-likeness (QED) is 0.593. The van der Waals surface area contributed by atoms with Crippen molar-refractivity contribution in [2.75, 3.05) is 29.9 Å². The third kappa shape index (κ3) is 6.83. The van der Waals surface area contributed by atoms with E-state index in [9.17, 15) is 14.4 Å². The van der Waals surface area contributed by atoms with Crippen molar-refractivity contribution in [3.05, 3.63) is 59.2 Å². The molecule has 0 spiro atoms. The Morgan fingerprint density at radius 3 is 2.34 bits per heavy atom. The molecule has 1 unspecified atom stereocenters. The first-order valence-corrected chi connectivity index (χ1v) is 11.1. The van der Waals surface area contributed by atoms with Crippen LogP contribution in [0.25, 0.3) is 0 Å². The van der Waals surface area contributed by atoms with Crippen LogP contribution in [0.4, 0.5) is 11.4 Å². The van der Waals surface area contributed by atoms with E-state index >= 15 is 0 Å². The van der Waals surface area contributed by atoms with Gasteiger partial charge in [-0.3, -0.25) is 14.4 Å². The standard InChI is InChI=1S/C25H32N4O3/c1-17-11-18(2)13-20(12-17)25(32)26-16-24(31)27-19(3)14-23(30)28-21-7-6-8-22(15-21)29-9-4-5-10-29/h6-8,11-13,15,19H,4-5,9-10,14,16H2,1-3H3,(H,26,32)(H,27,31)(H,28,30). The van der Waals surface area contributed by atoms with Crippen molar-refractivity contribution >= 4 is 29.1 Å². The maximum absolute atomic E-state index is 12.4. The van der Waals surface area contributed by atoms with E-state index in [1.54, 1.807) is 19.1 Å². The summed E-state index contributed by atoms with van der Waals surface area (Å²) < 4.78 is 0. The molecule has 1 fully saturated rings. The third-order valence-corrected chi connectivity index (χ3v) is 5.39. The van der Waals surface area contributed by atoms with Crippen LogP contribution in [0.15, 0.2) is 42.5 Å². The molecular formula is C25H32N4O3. The van der Waals surface area contributed by atoms with Crippen molar-refractivity contribution in [2.24, 2.45) is 0 Å². The van der Waals surface area contributed by atoms with Crippen LogP contribution in [-0.4, -0.2) is 43.4 Å². The Morgan fingerprint density at radius 1 is 0.969 bits per heavy atom. The van der Waals surface area contributed by atoms with Crippen molar-refractivity contribution in [3.8, 4) is 0 Å². The van der Waals surface area contributed by atoms with Crippen LogP contribution in [-0.2, 0) is 9.59 Å². The number of anilines is 2. The highest BCUT2D eigenvalue weighted by Gasteiger charge is 2.15. The summed E-state index contributed by atoms with van der Waals surface area (Å²) in [5.41, 5.74) is 4.37. The summed E-state index contributed by atoms with van der Waals surface area (Å²) >= 11 is 0. The Balaban J connectivity index is 1.43. The fourth-order valence-corrected chi connectivity index (χ4v) is 3.99. The van der Waals surface area contributed by atoms with Gasteiger partial charge in [0, 0.05) is 42.5 Å². The van der Waals surface area contributed by atoms with Gasteiger partial charge >= 0.3 is 0 Å². The fraction of sp³-hybridized carbons (Fsp3) is 0.400. The first-order chi connectivity index (χ1) is 15.3. The van der Waals surface area contributed by atoms with Crippen LogP contribution in [0.3, 0.4) is 0 Å². The molecule has 1 aliphatic rings. The van der Waals surface area contributed by atoms with Crippen molar-refractivity contribution in [3.63, 3.8) is 0 Å². The lowest BCUT2D eigenvalue weighted by molar-refractivity contribution is -0.121. The fourth-order valence-electron chi connectivity index (χ4n) is 3.99. The summed E-state index contributed by atoms with van der Waals surface area (Å²) in [7, 11) is 0. The number of carbonyl (C=O) groups is 3. The Kier molecular flexibility index (Phi) is 7.87. The molecule has 170 valence electrons. The van der Waals surface area contributed by atoms with Crippen molar-refractivity contribution in [2.45, 2.75) is 46.1 Å². The smallest absolute Gasteiger partial charge is 0.251 e. The van der Waals surface area contributed by atoms with Gasteiger partial charge in [0.2, 0.25) is 11.8 Å². The van der Waals surface area contributed by atoms with Crippen LogP contribution in [0.2, 0.25) is 0 Å². The minimum absolute atomic E-state index is 0.143. The van der Waals surface area contributed by atoms with E-state index in [1.807, 2.05) is 38.1 Å². The molecule has 0 aromatic heterocycles. The monoisotopic (exact) mass is 436 g/mol. The summed E-state index contributed by atoms with van der Waals surface area (Å²) in [6, 6.07) is 13.0. The van der Waals surface area contributed by atoms with Crippen LogP contribution in [0.1, 0.15) is 47.7 Å².